The van der Waals surface area contributed by atoms with Crippen molar-refractivity contribution in [3.05, 3.63) is 59.7 Å². The van der Waals surface area contributed by atoms with Crippen molar-refractivity contribution >= 4 is 45.9 Å². The van der Waals surface area contributed by atoms with Gasteiger partial charge in [-0.1, -0.05) is 48.5 Å². The van der Waals surface area contributed by atoms with E-state index < -0.39 is 0 Å². The monoisotopic (exact) mass is 454 g/mol. The number of hydrogen-bond donors (Lipinski definition) is 4. The standard InChI is InChI=1S/C26H30N8/c1-2-8-20-19(7-1)23(11-5-13-31-33-25-27-15-16-28-25)21-9-3-4-10-22(21)24(20)12-6-14-32-34-26-29-17-18-30-26/h1-4,7-10,13-14H,5-6,11-12,15-18H2,(H2,27,28,33)(H2,29,30,34)/b31-13+,32-14+. The molecule has 2 aliphatic rings. The zero-order valence-electron chi connectivity index (χ0n) is 19.2. The molecule has 0 atom stereocenters. The molecule has 0 saturated carbocycles. The highest BCUT2D eigenvalue weighted by atomic mass is 15.4. The van der Waals surface area contributed by atoms with E-state index in [1.165, 1.54) is 32.7 Å². The largest absolute Gasteiger partial charge is 0.353 e. The summed E-state index contributed by atoms with van der Waals surface area (Å²) >= 11 is 0. The van der Waals surface area contributed by atoms with Crippen molar-refractivity contribution in [2.24, 2.45) is 20.2 Å². The summed E-state index contributed by atoms with van der Waals surface area (Å²) in [4.78, 5) is 8.60. The van der Waals surface area contributed by atoms with Crippen LogP contribution >= 0.6 is 0 Å². The molecule has 4 N–H and O–H groups in total. The van der Waals surface area contributed by atoms with Crippen molar-refractivity contribution in [2.75, 3.05) is 26.2 Å². The number of nitrogens with zero attached hydrogens (tertiary/aromatic N) is 4. The summed E-state index contributed by atoms with van der Waals surface area (Å²) in [5.41, 5.74) is 8.71. The molecule has 0 fully saturated rings. The third kappa shape index (κ3) is 5.01. The van der Waals surface area contributed by atoms with E-state index in [1.54, 1.807) is 0 Å². The summed E-state index contributed by atoms with van der Waals surface area (Å²) in [5.74, 6) is 1.51. The van der Waals surface area contributed by atoms with Crippen LogP contribution in [0.4, 0.5) is 0 Å². The van der Waals surface area contributed by atoms with Crippen LogP contribution in [-0.4, -0.2) is 50.5 Å². The zero-order chi connectivity index (χ0) is 23.0. The van der Waals surface area contributed by atoms with Gasteiger partial charge in [0.1, 0.15) is 0 Å². The summed E-state index contributed by atoms with van der Waals surface area (Å²) in [6.07, 6.45) is 7.42. The Morgan fingerprint density at radius 3 is 1.44 bits per heavy atom. The fraction of sp³-hybridized carbons (Fsp3) is 0.308. The molecule has 0 bridgehead atoms. The summed E-state index contributed by atoms with van der Waals surface area (Å²) in [5, 5.41) is 20.3. The maximum absolute atomic E-state index is 4.33. The lowest BCUT2D eigenvalue weighted by molar-refractivity contribution is 0.914. The second-order valence-corrected chi connectivity index (χ2v) is 8.29. The Balaban J connectivity index is 1.35. The number of aliphatic imine (C=N–C) groups is 2. The Bertz CT molecular complexity index is 1120. The molecule has 0 unspecified atom stereocenters. The Hall–Kier alpha value is -3.94. The van der Waals surface area contributed by atoms with Gasteiger partial charge in [-0.15, -0.1) is 0 Å². The van der Waals surface area contributed by atoms with E-state index in [-0.39, 0.29) is 0 Å². The molecule has 3 aromatic carbocycles. The molecular formula is C26H30N8. The summed E-state index contributed by atoms with van der Waals surface area (Å²) in [7, 11) is 0. The molecule has 0 spiro atoms. The summed E-state index contributed by atoms with van der Waals surface area (Å²) in [6.45, 7) is 3.35. The predicted octanol–water partition coefficient (Wildman–Crippen LogP) is 2.93. The molecule has 2 aliphatic heterocycles. The normalized spacial score (nSPS) is 15.6. The van der Waals surface area contributed by atoms with Crippen molar-refractivity contribution in [2.45, 2.75) is 25.7 Å². The lowest BCUT2D eigenvalue weighted by Gasteiger charge is -2.16. The van der Waals surface area contributed by atoms with Crippen molar-refractivity contribution in [1.29, 1.82) is 0 Å². The molecule has 2 heterocycles. The van der Waals surface area contributed by atoms with Crippen LogP contribution in [-0.2, 0) is 12.8 Å². The van der Waals surface area contributed by atoms with E-state index in [0.29, 0.717) is 0 Å². The Labute approximate surface area is 199 Å². The van der Waals surface area contributed by atoms with Gasteiger partial charge >= 0.3 is 0 Å². The number of aryl methyl sites for hydroxylation is 2. The average Bonchev–Trinajstić information content (AvgIpc) is 3.59. The minimum absolute atomic E-state index is 0.753. The van der Waals surface area contributed by atoms with E-state index in [1.807, 2.05) is 12.4 Å². The quantitative estimate of drug-likeness (QED) is 0.239. The molecule has 0 aliphatic carbocycles. The fourth-order valence-electron chi connectivity index (χ4n) is 4.55. The molecule has 0 aromatic heterocycles. The highest BCUT2D eigenvalue weighted by Crippen LogP contribution is 2.34. The first kappa shape index (κ1) is 21.9. The first-order valence-electron chi connectivity index (χ1n) is 11.9. The molecule has 34 heavy (non-hydrogen) atoms. The van der Waals surface area contributed by atoms with Crippen LogP contribution in [0.5, 0.6) is 0 Å². The minimum atomic E-state index is 0.753. The van der Waals surface area contributed by atoms with Gasteiger partial charge in [0.25, 0.3) is 0 Å². The molecule has 8 heteroatoms. The van der Waals surface area contributed by atoms with Gasteiger partial charge < -0.3 is 10.6 Å². The van der Waals surface area contributed by atoms with Crippen LogP contribution < -0.4 is 21.5 Å². The van der Waals surface area contributed by atoms with Crippen LogP contribution in [0.25, 0.3) is 21.5 Å². The third-order valence-electron chi connectivity index (χ3n) is 6.07. The number of hydrazone groups is 2. The van der Waals surface area contributed by atoms with Crippen LogP contribution in [0.1, 0.15) is 24.0 Å². The van der Waals surface area contributed by atoms with Gasteiger partial charge in [0.15, 0.2) is 0 Å². The Morgan fingerprint density at radius 2 is 1.09 bits per heavy atom. The number of fused-ring (bicyclic) bond motifs is 2. The highest BCUT2D eigenvalue weighted by molar-refractivity contribution is 6.06. The second-order valence-electron chi connectivity index (χ2n) is 8.29. The minimum Gasteiger partial charge on any atom is -0.353 e. The van der Waals surface area contributed by atoms with Gasteiger partial charge in [0.2, 0.25) is 11.9 Å². The Morgan fingerprint density at radius 1 is 0.676 bits per heavy atom. The lowest BCUT2D eigenvalue weighted by Crippen LogP contribution is -2.30. The van der Waals surface area contributed by atoms with E-state index in [0.717, 1.165) is 63.8 Å². The zero-order valence-corrected chi connectivity index (χ0v) is 19.2. The van der Waals surface area contributed by atoms with Crippen molar-refractivity contribution < 1.29 is 0 Å². The molecule has 3 aromatic rings. The fourth-order valence-corrected chi connectivity index (χ4v) is 4.55. The van der Waals surface area contributed by atoms with Gasteiger partial charge in [-0.3, -0.25) is 0 Å². The topological polar surface area (TPSA) is 97.6 Å². The van der Waals surface area contributed by atoms with E-state index in [2.05, 4.69) is 90.2 Å². The second kappa shape index (κ2) is 10.8. The summed E-state index contributed by atoms with van der Waals surface area (Å²) < 4.78 is 0. The van der Waals surface area contributed by atoms with E-state index >= 15 is 0 Å². The Kier molecular flexibility index (Phi) is 6.94. The average molecular weight is 455 g/mol. The maximum atomic E-state index is 4.33. The van der Waals surface area contributed by atoms with Crippen LogP contribution in [0.15, 0.2) is 68.7 Å². The number of nitrogens with one attached hydrogen (secondary N) is 4. The molecule has 5 rings (SSSR count). The number of benzene rings is 3. The molecule has 0 amide bonds. The third-order valence-corrected chi connectivity index (χ3v) is 6.07. The van der Waals surface area contributed by atoms with Gasteiger partial charge in [0, 0.05) is 25.5 Å². The predicted molar refractivity (Wildman–Crippen MR) is 142 cm³/mol. The van der Waals surface area contributed by atoms with E-state index in [4.69, 9.17) is 0 Å². The molecule has 8 nitrogen and oxygen atoms in total. The van der Waals surface area contributed by atoms with Gasteiger partial charge in [-0.25, -0.2) is 20.8 Å². The first-order chi connectivity index (χ1) is 16.9. The smallest absolute Gasteiger partial charge is 0.212 e. The number of rotatable bonds is 8. The van der Waals surface area contributed by atoms with Crippen LogP contribution in [0.2, 0.25) is 0 Å². The van der Waals surface area contributed by atoms with Gasteiger partial charge in [-0.05, 0) is 58.4 Å². The van der Waals surface area contributed by atoms with Crippen molar-refractivity contribution in [3.8, 4) is 0 Å². The first-order valence-corrected chi connectivity index (χ1v) is 11.9. The SMILES string of the molecule is C(/CCc1c2ccccc2c(CC/C=N/NC2=NCCN2)c2ccccc12)=N\NC1=NCCN1. The van der Waals surface area contributed by atoms with E-state index in [9.17, 15) is 0 Å². The van der Waals surface area contributed by atoms with Crippen molar-refractivity contribution in [3.63, 3.8) is 0 Å². The summed E-state index contributed by atoms with van der Waals surface area (Å²) in [6, 6.07) is 17.5. The van der Waals surface area contributed by atoms with Gasteiger partial charge in [0.05, 0.1) is 13.1 Å². The van der Waals surface area contributed by atoms with Crippen LogP contribution in [0, 0.1) is 0 Å². The molecule has 174 valence electrons. The highest BCUT2D eigenvalue weighted by Gasteiger charge is 2.13. The maximum Gasteiger partial charge on any atom is 0.212 e. The van der Waals surface area contributed by atoms with Gasteiger partial charge in [-0.2, -0.15) is 10.2 Å². The molecule has 0 radical (unpaired) electrons. The van der Waals surface area contributed by atoms with Crippen LogP contribution in [0.3, 0.4) is 0 Å². The lowest BCUT2D eigenvalue weighted by atomic mass is 9.88. The number of guanidine groups is 2. The molecular weight excluding hydrogens is 424 g/mol. The number of hydrogen-bond acceptors (Lipinski definition) is 8. The molecule has 0 saturated heterocycles. The van der Waals surface area contributed by atoms with Crippen molar-refractivity contribution in [1.82, 2.24) is 21.5 Å².